The summed E-state index contributed by atoms with van der Waals surface area (Å²) >= 11 is 0. The van der Waals surface area contributed by atoms with E-state index in [-0.39, 0.29) is 12.0 Å². The molecule has 0 atom stereocenters. The van der Waals surface area contributed by atoms with E-state index >= 15 is 0 Å². The van der Waals surface area contributed by atoms with Crippen molar-refractivity contribution >= 4 is 5.91 Å². The molecule has 0 aliphatic carbocycles. The molecule has 4 nitrogen and oxygen atoms in total. The van der Waals surface area contributed by atoms with Crippen molar-refractivity contribution in [1.29, 1.82) is 0 Å². The summed E-state index contributed by atoms with van der Waals surface area (Å²) in [7, 11) is 0. The predicted molar refractivity (Wildman–Crippen MR) is 68.9 cm³/mol. The van der Waals surface area contributed by atoms with E-state index in [0.717, 1.165) is 5.75 Å². The highest BCUT2D eigenvalue weighted by atomic mass is 16.5. The summed E-state index contributed by atoms with van der Waals surface area (Å²) in [6.07, 6.45) is 0.110. The second-order valence-corrected chi connectivity index (χ2v) is 4.60. The third kappa shape index (κ3) is 3.23. The lowest BCUT2D eigenvalue weighted by molar-refractivity contribution is 0.0302. The van der Waals surface area contributed by atoms with Gasteiger partial charge in [-0.25, -0.2) is 0 Å². The largest absolute Gasteiger partial charge is 0.491 e. The number of hydrogen-bond donors (Lipinski definition) is 0. The SMILES string of the molecule is CC(C)Oc1cccc(C(=O)N2CCOCC2)c1. The van der Waals surface area contributed by atoms with Crippen LogP contribution >= 0.6 is 0 Å². The Balaban J connectivity index is 2.09. The van der Waals surface area contributed by atoms with Crippen LogP contribution in [0.15, 0.2) is 24.3 Å². The average Bonchev–Trinajstić information content (AvgIpc) is 2.38. The van der Waals surface area contributed by atoms with E-state index in [1.54, 1.807) is 6.07 Å². The topological polar surface area (TPSA) is 38.8 Å². The van der Waals surface area contributed by atoms with Gasteiger partial charge in [-0.15, -0.1) is 0 Å². The van der Waals surface area contributed by atoms with Crippen molar-refractivity contribution < 1.29 is 14.3 Å². The van der Waals surface area contributed by atoms with Gasteiger partial charge in [-0.05, 0) is 32.0 Å². The first-order valence-electron chi connectivity index (χ1n) is 6.30. The minimum absolute atomic E-state index is 0.0486. The maximum Gasteiger partial charge on any atom is 0.254 e. The Morgan fingerprint density at radius 2 is 2.06 bits per heavy atom. The molecular formula is C14H19NO3. The normalized spacial score (nSPS) is 15.8. The Morgan fingerprint density at radius 3 is 2.72 bits per heavy atom. The molecule has 1 fully saturated rings. The van der Waals surface area contributed by atoms with E-state index in [9.17, 15) is 4.79 Å². The monoisotopic (exact) mass is 249 g/mol. The minimum Gasteiger partial charge on any atom is -0.491 e. The lowest BCUT2D eigenvalue weighted by Crippen LogP contribution is -2.40. The van der Waals surface area contributed by atoms with Crippen molar-refractivity contribution in [2.24, 2.45) is 0 Å². The van der Waals surface area contributed by atoms with Gasteiger partial charge in [0.25, 0.3) is 5.91 Å². The third-order valence-corrected chi connectivity index (χ3v) is 2.75. The van der Waals surface area contributed by atoms with Gasteiger partial charge in [0.15, 0.2) is 0 Å². The number of carbonyl (C=O) groups is 1. The fraction of sp³-hybridized carbons (Fsp3) is 0.500. The van der Waals surface area contributed by atoms with Gasteiger partial charge < -0.3 is 14.4 Å². The summed E-state index contributed by atoms with van der Waals surface area (Å²) in [5, 5.41) is 0. The first-order valence-corrected chi connectivity index (χ1v) is 6.30. The first kappa shape index (κ1) is 12.9. The van der Waals surface area contributed by atoms with Crippen molar-refractivity contribution in [2.45, 2.75) is 20.0 Å². The minimum atomic E-state index is 0.0486. The van der Waals surface area contributed by atoms with Crippen molar-refractivity contribution in [2.75, 3.05) is 26.3 Å². The van der Waals surface area contributed by atoms with Crippen molar-refractivity contribution in [3.8, 4) is 5.75 Å². The zero-order chi connectivity index (χ0) is 13.0. The second-order valence-electron chi connectivity index (χ2n) is 4.60. The van der Waals surface area contributed by atoms with E-state index in [1.165, 1.54) is 0 Å². The lowest BCUT2D eigenvalue weighted by atomic mass is 10.2. The van der Waals surface area contributed by atoms with Gasteiger partial charge in [-0.3, -0.25) is 4.79 Å². The van der Waals surface area contributed by atoms with Crippen molar-refractivity contribution in [1.82, 2.24) is 4.90 Å². The molecule has 0 bridgehead atoms. The molecule has 0 unspecified atom stereocenters. The molecule has 0 saturated carbocycles. The van der Waals surface area contributed by atoms with Crippen LogP contribution in [0.4, 0.5) is 0 Å². The Kier molecular flexibility index (Phi) is 4.20. The predicted octanol–water partition coefficient (Wildman–Crippen LogP) is 1.95. The van der Waals surface area contributed by atoms with Crippen LogP contribution in [0.1, 0.15) is 24.2 Å². The number of hydrogen-bond acceptors (Lipinski definition) is 3. The third-order valence-electron chi connectivity index (χ3n) is 2.75. The highest BCUT2D eigenvalue weighted by molar-refractivity contribution is 5.94. The highest BCUT2D eigenvalue weighted by Crippen LogP contribution is 2.16. The van der Waals surface area contributed by atoms with Gasteiger partial charge in [0.1, 0.15) is 5.75 Å². The number of nitrogens with zero attached hydrogens (tertiary/aromatic N) is 1. The van der Waals surface area contributed by atoms with Gasteiger partial charge >= 0.3 is 0 Å². The maximum absolute atomic E-state index is 12.3. The van der Waals surface area contributed by atoms with Gasteiger partial charge in [0.05, 0.1) is 19.3 Å². The van der Waals surface area contributed by atoms with Gasteiger partial charge in [-0.1, -0.05) is 6.07 Å². The van der Waals surface area contributed by atoms with Gasteiger partial charge in [-0.2, -0.15) is 0 Å². The smallest absolute Gasteiger partial charge is 0.254 e. The summed E-state index contributed by atoms with van der Waals surface area (Å²) in [6, 6.07) is 7.35. The number of benzene rings is 1. The Bertz CT molecular complexity index is 411. The highest BCUT2D eigenvalue weighted by Gasteiger charge is 2.18. The molecule has 1 aromatic rings. The first-order chi connectivity index (χ1) is 8.66. The molecule has 1 heterocycles. The number of rotatable bonds is 3. The molecule has 98 valence electrons. The molecule has 0 N–H and O–H groups in total. The summed E-state index contributed by atoms with van der Waals surface area (Å²) in [5.74, 6) is 0.789. The molecule has 0 aromatic heterocycles. The fourth-order valence-corrected chi connectivity index (χ4v) is 1.92. The number of carbonyl (C=O) groups excluding carboxylic acids is 1. The van der Waals surface area contributed by atoms with E-state index < -0.39 is 0 Å². The van der Waals surface area contributed by atoms with E-state index in [0.29, 0.717) is 31.9 Å². The van der Waals surface area contributed by atoms with Crippen LogP contribution in [0.25, 0.3) is 0 Å². The second kappa shape index (κ2) is 5.87. The summed E-state index contributed by atoms with van der Waals surface area (Å²) in [6.45, 7) is 6.50. The van der Waals surface area contributed by atoms with Gasteiger partial charge in [0.2, 0.25) is 0 Å². The zero-order valence-corrected chi connectivity index (χ0v) is 10.9. The molecule has 0 radical (unpaired) electrons. The molecule has 4 heteroatoms. The zero-order valence-electron chi connectivity index (χ0n) is 10.9. The molecule has 1 aliphatic heterocycles. The molecular weight excluding hydrogens is 230 g/mol. The van der Waals surface area contributed by atoms with Crippen LogP contribution in [-0.2, 0) is 4.74 Å². The van der Waals surface area contributed by atoms with Crippen LogP contribution in [0.5, 0.6) is 5.75 Å². The summed E-state index contributed by atoms with van der Waals surface area (Å²) in [5.41, 5.74) is 0.676. The molecule has 0 spiro atoms. The van der Waals surface area contributed by atoms with E-state index in [2.05, 4.69) is 0 Å². The number of amides is 1. The van der Waals surface area contributed by atoms with Crippen LogP contribution in [0.2, 0.25) is 0 Å². The van der Waals surface area contributed by atoms with Crippen molar-refractivity contribution in [3.63, 3.8) is 0 Å². The van der Waals surface area contributed by atoms with Crippen LogP contribution in [0, 0.1) is 0 Å². The molecule has 2 rings (SSSR count). The van der Waals surface area contributed by atoms with E-state index in [4.69, 9.17) is 9.47 Å². The molecule has 1 saturated heterocycles. The summed E-state index contributed by atoms with van der Waals surface area (Å²) < 4.78 is 10.8. The van der Waals surface area contributed by atoms with Crippen LogP contribution < -0.4 is 4.74 Å². The van der Waals surface area contributed by atoms with Gasteiger partial charge in [0, 0.05) is 18.7 Å². The maximum atomic E-state index is 12.3. The molecule has 1 aromatic carbocycles. The Labute approximate surface area is 107 Å². The lowest BCUT2D eigenvalue weighted by Gasteiger charge is -2.27. The average molecular weight is 249 g/mol. The molecule has 1 amide bonds. The van der Waals surface area contributed by atoms with Crippen LogP contribution in [0.3, 0.4) is 0 Å². The Hall–Kier alpha value is -1.55. The molecule has 1 aliphatic rings. The molecule has 18 heavy (non-hydrogen) atoms. The Morgan fingerprint density at radius 1 is 1.33 bits per heavy atom. The van der Waals surface area contributed by atoms with E-state index in [1.807, 2.05) is 36.9 Å². The standard InChI is InChI=1S/C14H19NO3/c1-11(2)18-13-5-3-4-12(10-13)14(16)15-6-8-17-9-7-15/h3-5,10-11H,6-9H2,1-2H3. The number of ether oxygens (including phenoxy) is 2. The summed E-state index contributed by atoms with van der Waals surface area (Å²) in [4.78, 5) is 14.1. The number of morpholine rings is 1. The van der Waals surface area contributed by atoms with Crippen LogP contribution in [-0.4, -0.2) is 43.2 Å². The quantitative estimate of drug-likeness (QED) is 0.822. The van der Waals surface area contributed by atoms with Crippen molar-refractivity contribution in [3.05, 3.63) is 29.8 Å². The fourth-order valence-electron chi connectivity index (χ4n) is 1.92.